The summed E-state index contributed by atoms with van der Waals surface area (Å²) in [4.78, 5) is 2.61. The van der Waals surface area contributed by atoms with E-state index in [-0.39, 0.29) is 6.61 Å². The quantitative estimate of drug-likeness (QED) is 0.250. The van der Waals surface area contributed by atoms with Crippen LogP contribution in [0.5, 0.6) is 0 Å². The van der Waals surface area contributed by atoms with Gasteiger partial charge in [-0.2, -0.15) is 0 Å². The molecule has 3 atom stereocenters. The summed E-state index contributed by atoms with van der Waals surface area (Å²) in [5, 5.41) is 21.8. The summed E-state index contributed by atoms with van der Waals surface area (Å²) in [5.41, 5.74) is 7.23. The molecule has 0 saturated heterocycles. The Morgan fingerprint density at radius 1 is 1.77 bits per heavy atom. The average molecular weight is 187 g/mol. The van der Waals surface area contributed by atoms with E-state index in [4.69, 9.17) is 15.4 Å². The van der Waals surface area contributed by atoms with E-state index < -0.39 is 17.6 Å². The molecule has 0 saturated carbocycles. The predicted molar refractivity (Wildman–Crippen MR) is 50.0 cm³/mol. The summed E-state index contributed by atoms with van der Waals surface area (Å²) >= 11 is 0. The van der Waals surface area contributed by atoms with Crippen LogP contribution in [0.15, 0.2) is 5.11 Å². The Bertz CT molecular complexity index is 201. The van der Waals surface area contributed by atoms with Crippen LogP contribution < -0.4 is 0 Å². The fraction of sp³-hybridized carbons (Fsp3) is 1.00. The van der Waals surface area contributed by atoms with E-state index in [1.165, 1.54) is 7.11 Å². The van der Waals surface area contributed by atoms with Crippen molar-refractivity contribution < 1.29 is 14.9 Å². The lowest BCUT2D eigenvalue weighted by Gasteiger charge is -2.30. The summed E-state index contributed by atoms with van der Waals surface area (Å²) in [7, 11) is 2.94. The highest BCUT2D eigenvalue weighted by molar-refractivity contribution is 6.15. The maximum absolute atomic E-state index is 9.62. The van der Waals surface area contributed by atoms with Gasteiger partial charge in [0.05, 0.1) is 12.7 Å². The van der Waals surface area contributed by atoms with E-state index in [2.05, 4.69) is 10.0 Å². The summed E-state index contributed by atoms with van der Waals surface area (Å²) in [6.07, 6.45) is -1.76. The first kappa shape index (κ1) is 12.3. The third-order valence-electron chi connectivity index (χ3n) is 1.86. The molecule has 0 bridgehead atoms. The van der Waals surface area contributed by atoms with Gasteiger partial charge in [-0.25, -0.2) is 0 Å². The zero-order valence-corrected chi connectivity index (χ0v) is 8.01. The van der Waals surface area contributed by atoms with Crippen molar-refractivity contribution in [1.29, 1.82) is 0 Å². The smallest absolute Gasteiger partial charge is 0.120 e. The molecule has 0 aromatic rings. The maximum atomic E-state index is 9.62. The van der Waals surface area contributed by atoms with Crippen molar-refractivity contribution in [2.24, 2.45) is 5.11 Å². The Morgan fingerprint density at radius 2 is 2.31 bits per heavy atom. The van der Waals surface area contributed by atoms with Crippen LogP contribution in [0.4, 0.5) is 0 Å². The third-order valence-corrected chi connectivity index (χ3v) is 1.86. The van der Waals surface area contributed by atoms with E-state index in [0.29, 0.717) is 0 Å². The molecule has 0 aliphatic rings. The van der Waals surface area contributed by atoms with Crippen molar-refractivity contribution in [3.63, 3.8) is 0 Å². The highest BCUT2D eigenvalue weighted by Gasteiger charge is 2.33. The van der Waals surface area contributed by atoms with E-state index in [9.17, 15) is 5.11 Å². The van der Waals surface area contributed by atoms with Gasteiger partial charge in [0.15, 0.2) is 0 Å². The van der Waals surface area contributed by atoms with E-state index in [0.717, 1.165) is 0 Å². The number of ether oxygens (including phenoxy) is 1. The summed E-state index contributed by atoms with van der Waals surface area (Å²) < 4.78 is 4.81. The van der Waals surface area contributed by atoms with E-state index in [1.807, 2.05) is 0 Å². The van der Waals surface area contributed by atoms with Crippen molar-refractivity contribution >= 4 is 7.85 Å². The molecule has 0 unspecified atom stereocenters. The zero-order valence-electron chi connectivity index (χ0n) is 8.01. The van der Waals surface area contributed by atoms with Gasteiger partial charge in [-0.1, -0.05) is 12.0 Å². The van der Waals surface area contributed by atoms with Gasteiger partial charge in [0, 0.05) is 17.5 Å². The molecular weight excluding hydrogens is 173 g/mol. The fourth-order valence-corrected chi connectivity index (χ4v) is 0.933. The second-order valence-electron chi connectivity index (χ2n) is 3.24. The third kappa shape index (κ3) is 3.24. The largest absolute Gasteiger partial charge is 0.394 e. The normalized spacial score (nSPS) is 19.7. The Morgan fingerprint density at radius 3 is 2.62 bits per heavy atom. The molecule has 0 aliphatic heterocycles. The van der Waals surface area contributed by atoms with Gasteiger partial charge in [0.2, 0.25) is 0 Å². The number of aliphatic hydroxyl groups is 2. The van der Waals surface area contributed by atoms with Gasteiger partial charge >= 0.3 is 0 Å². The molecule has 0 aliphatic carbocycles. The number of rotatable bonds is 5. The lowest BCUT2D eigenvalue weighted by molar-refractivity contribution is -0.0550. The number of methoxy groups -OCH3 is 1. The highest BCUT2D eigenvalue weighted by Crippen LogP contribution is 2.16. The van der Waals surface area contributed by atoms with Crippen molar-refractivity contribution in [3.05, 3.63) is 10.4 Å². The molecule has 7 heteroatoms. The fourth-order valence-electron chi connectivity index (χ4n) is 0.933. The molecule has 6 nitrogen and oxygen atoms in total. The van der Waals surface area contributed by atoms with Gasteiger partial charge in [-0.3, -0.25) is 0 Å². The molecule has 0 spiro atoms. The van der Waals surface area contributed by atoms with Crippen molar-refractivity contribution in [1.82, 2.24) is 0 Å². The lowest BCUT2D eigenvalue weighted by atomic mass is 9.74. The van der Waals surface area contributed by atoms with Crippen LogP contribution in [-0.2, 0) is 4.74 Å². The van der Waals surface area contributed by atoms with Gasteiger partial charge in [-0.05, 0) is 5.53 Å². The number of aliphatic hydroxyl groups excluding tert-OH is 2. The van der Waals surface area contributed by atoms with Crippen LogP contribution in [-0.4, -0.2) is 49.4 Å². The van der Waals surface area contributed by atoms with Crippen molar-refractivity contribution in [3.8, 4) is 0 Å². The molecule has 13 heavy (non-hydrogen) atoms. The molecule has 0 aromatic carbocycles. The van der Waals surface area contributed by atoms with Crippen LogP contribution >= 0.6 is 0 Å². The molecule has 0 aromatic heterocycles. The molecule has 74 valence electrons. The second kappa shape index (κ2) is 5.09. The van der Waals surface area contributed by atoms with E-state index >= 15 is 0 Å². The first-order valence-corrected chi connectivity index (χ1v) is 3.87. The summed E-state index contributed by atoms with van der Waals surface area (Å²) in [6, 6.07) is 0. The van der Waals surface area contributed by atoms with Crippen LogP contribution in [0.3, 0.4) is 0 Å². The van der Waals surface area contributed by atoms with Crippen LogP contribution in [0.1, 0.15) is 6.92 Å². The molecule has 2 N–H and O–H groups in total. The topological polar surface area (TPSA) is 98.5 Å². The molecular formula is C6H14BN3O3. The maximum Gasteiger partial charge on any atom is 0.120 e. The standard InChI is InChI=1S/C6H14BN3O3/c1-6(7,9-10-8)5(12)4(3-11)13-2/h4-5,11-12H,3,7H2,1-2H3/t4-,5-,6-/m1/s1. The molecule has 0 heterocycles. The summed E-state index contributed by atoms with van der Waals surface area (Å²) in [5.74, 6) is 0. The highest BCUT2D eigenvalue weighted by atomic mass is 16.5. The molecule has 0 fully saturated rings. The molecule has 0 rings (SSSR count). The zero-order chi connectivity index (χ0) is 10.5. The lowest BCUT2D eigenvalue weighted by Crippen LogP contribution is -2.48. The first-order valence-electron chi connectivity index (χ1n) is 3.87. The Balaban J connectivity index is 4.54. The van der Waals surface area contributed by atoms with Gasteiger partial charge in [-0.15, -0.1) is 0 Å². The second-order valence-corrected chi connectivity index (χ2v) is 3.24. The number of nitrogens with zero attached hydrogens (tertiary/aromatic N) is 3. The van der Waals surface area contributed by atoms with Crippen molar-refractivity contribution in [2.45, 2.75) is 24.6 Å². The number of hydrogen-bond donors (Lipinski definition) is 2. The van der Waals surface area contributed by atoms with Gasteiger partial charge in [0.1, 0.15) is 14.0 Å². The predicted octanol–water partition coefficient (Wildman–Crippen LogP) is -0.986. The minimum atomic E-state index is -1.03. The molecule has 0 amide bonds. The molecule has 0 radical (unpaired) electrons. The summed E-state index contributed by atoms with van der Waals surface area (Å²) in [6.45, 7) is 1.25. The van der Waals surface area contributed by atoms with Gasteiger partial charge < -0.3 is 14.9 Å². The van der Waals surface area contributed by atoms with Crippen LogP contribution in [0, 0.1) is 0 Å². The minimum absolute atomic E-state index is 0.317. The van der Waals surface area contributed by atoms with Gasteiger partial charge in [0.25, 0.3) is 0 Å². The Hall–Kier alpha value is -0.745. The monoisotopic (exact) mass is 187 g/mol. The van der Waals surface area contributed by atoms with Crippen LogP contribution in [0.2, 0.25) is 0 Å². The van der Waals surface area contributed by atoms with E-state index in [1.54, 1.807) is 14.8 Å². The first-order chi connectivity index (χ1) is 5.99. The Kier molecular flexibility index (Phi) is 4.79. The Labute approximate surface area is 77.6 Å². The SMILES string of the molecule is B[C@](C)(N=[N+]=[N-])[C@H](O)[C@@H](CO)OC. The van der Waals surface area contributed by atoms with Crippen LogP contribution in [0.25, 0.3) is 10.4 Å². The number of hydrogen-bond acceptors (Lipinski definition) is 4. The minimum Gasteiger partial charge on any atom is -0.394 e. The average Bonchev–Trinajstić information content (AvgIpc) is 2.06. The number of azide groups is 1. The van der Waals surface area contributed by atoms with Crippen molar-refractivity contribution in [2.75, 3.05) is 13.7 Å².